The van der Waals surface area contributed by atoms with Crippen molar-refractivity contribution < 1.29 is 19.0 Å². The maximum absolute atomic E-state index is 13.5. The minimum Gasteiger partial charge on any atom is -0.381 e. The maximum atomic E-state index is 13.5. The summed E-state index contributed by atoms with van der Waals surface area (Å²) in [4.78, 5) is 15.5. The minimum atomic E-state index is -0.0382. The molecule has 0 bridgehead atoms. The zero-order valence-corrected chi connectivity index (χ0v) is 15.9. The van der Waals surface area contributed by atoms with Crippen LogP contribution >= 0.6 is 0 Å². The van der Waals surface area contributed by atoms with Gasteiger partial charge in [-0.3, -0.25) is 9.48 Å². The number of ether oxygens (including phenoxy) is 3. The highest BCUT2D eigenvalue weighted by Gasteiger charge is 2.37. The molecule has 2 saturated heterocycles. The van der Waals surface area contributed by atoms with Crippen LogP contribution in [0.4, 0.5) is 0 Å². The van der Waals surface area contributed by atoms with Crippen molar-refractivity contribution in [2.75, 3.05) is 33.0 Å². The Balaban J connectivity index is 1.60. The molecule has 3 aliphatic rings. The molecule has 144 valence electrons. The average Bonchev–Trinajstić information content (AvgIpc) is 2.89. The molecule has 7 nitrogen and oxygen atoms in total. The molecule has 1 aromatic heterocycles. The summed E-state index contributed by atoms with van der Waals surface area (Å²) in [5.74, 6) is 0.539. The largest absolute Gasteiger partial charge is 0.381 e. The number of hydrogen-bond acceptors (Lipinski definition) is 5. The number of nitrogens with zero attached hydrogens (tertiary/aromatic N) is 3. The molecule has 3 aliphatic heterocycles. The van der Waals surface area contributed by atoms with E-state index in [9.17, 15) is 4.79 Å². The standard InChI is InChI=1S/C19H29N3O4/c1-12-8-16-17(20-21(3)18(16)13(2)26-12)19(23)22(15-10-25-11-15)9-14-4-6-24-7-5-14/h12-15H,4-11H2,1-3H3/t12-,13+/m1/s1. The normalized spacial score (nSPS) is 27.0. The quantitative estimate of drug-likeness (QED) is 0.815. The first-order valence-electron chi connectivity index (χ1n) is 9.72. The lowest BCUT2D eigenvalue weighted by atomic mass is 9.96. The van der Waals surface area contributed by atoms with Crippen LogP contribution in [-0.4, -0.2) is 65.7 Å². The second kappa shape index (κ2) is 7.29. The molecule has 1 amide bonds. The number of amides is 1. The highest BCUT2D eigenvalue weighted by atomic mass is 16.5. The molecule has 2 fully saturated rings. The molecule has 0 spiro atoms. The number of aromatic nitrogens is 2. The van der Waals surface area contributed by atoms with Crippen molar-refractivity contribution >= 4 is 5.91 Å². The fourth-order valence-electron chi connectivity index (χ4n) is 4.36. The highest BCUT2D eigenvalue weighted by Crippen LogP contribution is 2.33. The van der Waals surface area contributed by atoms with Gasteiger partial charge in [-0.05, 0) is 32.6 Å². The van der Waals surface area contributed by atoms with Crippen molar-refractivity contribution in [3.05, 3.63) is 17.0 Å². The van der Waals surface area contributed by atoms with E-state index in [0.717, 1.165) is 50.3 Å². The summed E-state index contributed by atoms with van der Waals surface area (Å²) in [5, 5.41) is 4.61. The van der Waals surface area contributed by atoms with E-state index in [-0.39, 0.29) is 24.2 Å². The van der Waals surface area contributed by atoms with Crippen LogP contribution in [0.2, 0.25) is 0 Å². The maximum Gasteiger partial charge on any atom is 0.275 e. The molecule has 0 aromatic carbocycles. The zero-order chi connectivity index (χ0) is 18.3. The highest BCUT2D eigenvalue weighted by molar-refractivity contribution is 5.94. The lowest BCUT2D eigenvalue weighted by Gasteiger charge is -2.39. The van der Waals surface area contributed by atoms with Gasteiger partial charge in [0.2, 0.25) is 0 Å². The van der Waals surface area contributed by atoms with Gasteiger partial charge in [0.25, 0.3) is 5.91 Å². The van der Waals surface area contributed by atoms with E-state index >= 15 is 0 Å². The summed E-state index contributed by atoms with van der Waals surface area (Å²) in [7, 11) is 1.90. The van der Waals surface area contributed by atoms with E-state index in [1.165, 1.54) is 0 Å². The monoisotopic (exact) mass is 363 g/mol. The third kappa shape index (κ3) is 3.28. The molecule has 0 unspecified atom stereocenters. The van der Waals surface area contributed by atoms with Crippen LogP contribution in [0.5, 0.6) is 0 Å². The van der Waals surface area contributed by atoms with Gasteiger partial charge in [0.1, 0.15) is 0 Å². The van der Waals surface area contributed by atoms with Crippen molar-refractivity contribution in [2.45, 2.75) is 51.4 Å². The van der Waals surface area contributed by atoms with Crippen LogP contribution in [-0.2, 0) is 27.7 Å². The molecular formula is C19H29N3O4. The Kier molecular flexibility index (Phi) is 5.03. The molecule has 0 N–H and O–H groups in total. The summed E-state index contributed by atoms with van der Waals surface area (Å²) in [6.07, 6.45) is 2.83. The predicted molar refractivity (Wildman–Crippen MR) is 95.1 cm³/mol. The summed E-state index contributed by atoms with van der Waals surface area (Å²) in [6, 6.07) is 0.165. The number of carbonyl (C=O) groups is 1. The Morgan fingerprint density at radius 2 is 1.96 bits per heavy atom. The lowest BCUT2D eigenvalue weighted by Crippen LogP contribution is -2.53. The first-order valence-corrected chi connectivity index (χ1v) is 9.72. The minimum absolute atomic E-state index is 0.0382. The van der Waals surface area contributed by atoms with Crippen LogP contribution in [0, 0.1) is 5.92 Å². The molecular weight excluding hydrogens is 334 g/mol. The van der Waals surface area contributed by atoms with Crippen molar-refractivity contribution in [3.8, 4) is 0 Å². The fraction of sp³-hybridized carbons (Fsp3) is 0.789. The van der Waals surface area contributed by atoms with E-state index in [0.29, 0.717) is 24.8 Å². The van der Waals surface area contributed by atoms with E-state index in [4.69, 9.17) is 14.2 Å². The van der Waals surface area contributed by atoms with Gasteiger partial charge in [-0.2, -0.15) is 5.10 Å². The fourth-order valence-corrected chi connectivity index (χ4v) is 4.36. The van der Waals surface area contributed by atoms with E-state index in [2.05, 4.69) is 12.0 Å². The predicted octanol–water partition coefficient (Wildman–Crippen LogP) is 1.71. The van der Waals surface area contributed by atoms with Crippen molar-refractivity contribution in [1.82, 2.24) is 14.7 Å². The second-order valence-electron chi connectivity index (χ2n) is 7.83. The number of fused-ring (bicyclic) bond motifs is 1. The van der Waals surface area contributed by atoms with Crippen LogP contribution < -0.4 is 0 Å². The first kappa shape index (κ1) is 17.9. The van der Waals surface area contributed by atoms with Crippen molar-refractivity contribution in [3.63, 3.8) is 0 Å². The van der Waals surface area contributed by atoms with Gasteiger partial charge in [0, 0.05) is 38.8 Å². The Hall–Kier alpha value is -1.44. The molecule has 0 aliphatic carbocycles. The summed E-state index contributed by atoms with van der Waals surface area (Å²) < 4.78 is 18.6. The molecule has 7 heteroatoms. The van der Waals surface area contributed by atoms with Crippen LogP contribution in [0.25, 0.3) is 0 Å². The molecule has 4 rings (SSSR count). The topological polar surface area (TPSA) is 65.8 Å². The molecule has 2 atom stereocenters. The van der Waals surface area contributed by atoms with Gasteiger partial charge in [-0.1, -0.05) is 0 Å². The third-order valence-corrected chi connectivity index (χ3v) is 5.83. The van der Waals surface area contributed by atoms with Gasteiger partial charge >= 0.3 is 0 Å². The summed E-state index contributed by atoms with van der Waals surface area (Å²) >= 11 is 0. The second-order valence-corrected chi connectivity index (χ2v) is 7.83. The molecule has 4 heterocycles. The van der Waals surface area contributed by atoms with Crippen molar-refractivity contribution in [2.24, 2.45) is 13.0 Å². The molecule has 26 heavy (non-hydrogen) atoms. The van der Waals surface area contributed by atoms with Gasteiger partial charge in [-0.25, -0.2) is 0 Å². The first-order chi connectivity index (χ1) is 12.5. The van der Waals surface area contributed by atoms with E-state index in [1.807, 2.05) is 23.6 Å². The van der Waals surface area contributed by atoms with E-state index in [1.54, 1.807) is 0 Å². The lowest BCUT2D eigenvalue weighted by molar-refractivity contribution is -0.0621. The molecule has 0 radical (unpaired) electrons. The number of rotatable bonds is 4. The van der Waals surface area contributed by atoms with Crippen LogP contribution in [0.3, 0.4) is 0 Å². The van der Waals surface area contributed by atoms with Gasteiger partial charge < -0.3 is 19.1 Å². The Morgan fingerprint density at radius 3 is 2.62 bits per heavy atom. The van der Waals surface area contributed by atoms with Gasteiger partial charge in [0.15, 0.2) is 5.69 Å². The summed E-state index contributed by atoms with van der Waals surface area (Å²) in [6.45, 7) is 7.69. The van der Waals surface area contributed by atoms with Gasteiger partial charge in [0.05, 0.1) is 37.2 Å². The Labute approximate surface area is 154 Å². The van der Waals surface area contributed by atoms with E-state index < -0.39 is 0 Å². The number of carbonyl (C=O) groups excluding carboxylic acids is 1. The number of aryl methyl sites for hydroxylation is 1. The average molecular weight is 363 g/mol. The van der Waals surface area contributed by atoms with Crippen LogP contribution in [0.1, 0.15) is 54.5 Å². The van der Waals surface area contributed by atoms with Gasteiger partial charge in [-0.15, -0.1) is 0 Å². The molecule has 0 saturated carbocycles. The van der Waals surface area contributed by atoms with Crippen molar-refractivity contribution in [1.29, 1.82) is 0 Å². The Bertz CT molecular complexity index is 664. The summed E-state index contributed by atoms with van der Waals surface area (Å²) in [5.41, 5.74) is 2.69. The van der Waals surface area contributed by atoms with Crippen LogP contribution in [0.15, 0.2) is 0 Å². The molecule has 1 aromatic rings. The zero-order valence-electron chi connectivity index (χ0n) is 15.9. The smallest absolute Gasteiger partial charge is 0.275 e. The third-order valence-electron chi connectivity index (χ3n) is 5.83. The number of hydrogen-bond donors (Lipinski definition) is 0. The Morgan fingerprint density at radius 1 is 1.23 bits per heavy atom. The SMILES string of the molecule is C[C@@H]1Cc2c(C(=O)N(CC3CCOCC3)C3COC3)nn(C)c2[C@H](C)O1.